The lowest BCUT2D eigenvalue weighted by molar-refractivity contribution is 0.318. The van der Waals surface area contributed by atoms with Gasteiger partial charge in [0.25, 0.3) is 0 Å². The zero-order valence-corrected chi connectivity index (χ0v) is 14.1. The van der Waals surface area contributed by atoms with Crippen molar-refractivity contribution < 1.29 is 9.94 Å². The molecule has 0 bridgehead atoms. The summed E-state index contributed by atoms with van der Waals surface area (Å²) in [7, 11) is 3.56. The number of ether oxygens (including phenoxy) is 1. The third-order valence-corrected chi connectivity index (χ3v) is 4.70. The summed E-state index contributed by atoms with van der Waals surface area (Å²) in [5.41, 5.74) is 7.25. The van der Waals surface area contributed by atoms with Crippen LogP contribution in [0.5, 0.6) is 5.75 Å². The van der Waals surface area contributed by atoms with Gasteiger partial charge >= 0.3 is 0 Å². The lowest BCUT2D eigenvalue weighted by Crippen LogP contribution is -2.22. The summed E-state index contributed by atoms with van der Waals surface area (Å²) in [6.07, 6.45) is 0. The molecule has 1 aromatic heterocycles. The van der Waals surface area contributed by atoms with Crippen LogP contribution in [-0.4, -0.2) is 25.2 Å². The molecular formula is C14H16BrN3O2S. The molecule has 0 atom stereocenters. The van der Waals surface area contributed by atoms with Gasteiger partial charge in [0, 0.05) is 33.4 Å². The van der Waals surface area contributed by atoms with Crippen LogP contribution in [0.1, 0.15) is 10.4 Å². The number of hydrogen-bond acceptors (Lipinski definition) is 5. The van der Waals surface area contributed by atoms with E-state index in [-0.39, 0.29) is 5.84 Å². The maximum Gasteiger partial charge on any atom is 0.172 e. The van der Waals surface area contributed by atoms with Gasteiger partial charge in [-0.25, -0.2) is 0 Å². The highest BCUT2D eigenvalue weighted by molar-refractivity contribution is 9.10. The van der Waals surface area contributed by atoms with Crippen molar-refractivity contribution in [1.82, 2.24) is 0 Å². The fourth-order valence-electron chi connectivity index (χ4n) is 1.98. The summed E-state index contributed by atoms with van der Waals surface area (Å²) >= 11 is 5.12. The zero-order chi connectivity index (χ0) is 15.4. The fraction of sp³-hybridized carbons (Fsp3) is 0.214. The minimum atomic E-state index is 0.0758. The second-order valence-corrected chi connectivity index (χ2v) is 6.37. The summed E-state index contributed by atoms with van der Waals surface area (Å²) < 4.78 is 6.32. The molecule has 0 saturated carbocycles. The first-order chi connectivity index (χ1) is 10.0. The van der Waals surface area contributed by atoms with Gasteiger partial charge in [0.2, 0.25) is 0 Å². The number of oxime groups is 1. The largest absolute Gasteiger partial charge is 0.497 e. The van der Waals surface area contributed by atoms with E-state index in [1.165, 1.54) is 4.88 Å². The number of hydrogen-bond donors (Lipinski definition) is 2. The van der Waals surface area contributed by atoms with Gasteiger partial charge in [0.05, 0.1) is 19.3 Å². The van der Waals surface area contributed by atoms with Crippen LogP contribution in [0.15, 0.2) is 39.3 Å². The smallest absolute Gasteiger partial charge is 0.172 e. The van der Waals surface area contributed by atoms with Gasteiger partial charge in [-0.2, -0.15) is 0 Å². The average Bonchev–Trinajstić information content (AvgIpc) is 2.90. The minimum Gasteiger partial charge on any atom is -0.497 e. The molecular weight excluding hydrogens is 354 g/mol. The SMILES string of the molecule is COc1ccc(/C(N)=N/O)c(N(C)Cc2cc(Br)cs2)c1. The van der Waals surface area contributed by atoms with Gasteiger partial charge in [0.15, 0.2) is 5.84 Å². The molecule has 0 unspecified atom stereocenters. The van der Waals surface area contributed by atoms with Gasteiger partial charge in [-0.1, -0.05) is 5.16 Å². The normalized spacial score (nSPS) is 11.5. The van der Waals surface area contributed by atoms with Crippen LogP contribution in [-0.2, 0) is 6.54 Å². The molecule has 112 valence electrons. The highest BCUT2D eigenvalue weighted by atomic mass is 79.9. The summed E-state index contributed by atoms with van der Waals surface area (Å²) in [5, 5.41) is 14.1. The zero-order valence-electron chi connectivity index (χ0n) is 11.7. The fourth-order valence-corrected chi connectivity index (χ4v) is 3.48. The molecule has 3 N–H and O–H groups in total. The number of halogens is 1. The Morgan fingerprint density at radius 3 is 2.81 bits per heavy atom. The standard InChI is InChI=1S/C14H16BrN3O2S/c1-18(7-11-5-9(15)8-21-11)13-6-10(20-2)3-4-12(13)14(16)17-19/h3-6,8,19H,7H2,1-2H3,(H2,16,17). The van der Waals surface area contributed by atoms with E-state index in [0.717, 1.165) is 22.5 Å². The second kappa shape index (κ2) is 6.82. The Kier molecular flexibility index (Phi) is 5.08. The number of benzene rings is 1. The van der Waals surface area contributed by atoms with Gasteiger partial charge < -0.3 is 20.6 Å². The van der Waals surface area contributed by atoms with Crippen LogP contribution in [0.3, 0.4) is 0 Å². The van der Waals surface area contributed by atoms with Crippen LogP contribution in [0.4, 0.5) is 5.69 Å². The Morgan fingerprint density at radius 1 is 1.48 bits per heavy atom. The molecule has 7 heteroatoms. The number of methoxy groups -OCH3 is 1. The summed E-state index contributed by atoms with van der Waals surface area (Å²) in [6.45, 7) is 0.717. The number of anilines is 1. The van der Waals surface area contributed by atoms with Crippen LogP contribution >= 0.6 is 27.3 Å². The van der Waals surface area contributed by atoms with Gasteiger partial charge in [-0.05, 0) is 34.1 Å². The number of thiophene rings is 1. The van der Waals surface area contributed by atoms with Gasteiger partial charge in [-0.15, -0.1) is 11.3 Å². The number of nitrogens with zero attached hydrogens (tertiary/aromatic N) is 2. The number of rotatable bonds is 5. The monoisotopic (exact) mass is 369 g/mol. The molecule has 5 nitrogen and oxygen atoms in total. The highest BCUT2D eigenvalue weighted by Crippen LogP contribution is 2.28. The molecule has 0 saturated heterocycles. The molecule has 1 heterocycles. The first kappa shape index (κ1) is 15.7. The number of nitrogens with two attached hydrogens (primary N) is 1. The minimum absolute atomic E-state index is 0.0758. The Bertz CT molecular complexity index is 657. The van der Waals surface area contributed by atoms with Crippen molar-refractivity contribution in [3.05, 3.63) is 44.6 Å². The third kappa shape index (κ3) is 3.68. The topological polar surface area (TPSA) is 71.1 Å². The van der Waals surface area contributed by atoms with Crippen molar-refractivity contribution in [2.45, 2.75) is 6.54 Å². The first-order valence-electron chi connectivity index (χ1n) is 6.15. The van der Waals surface area contributed by atoms with Crippen molar-refractivity contribution in [1.29, 1.82) is 0 Å². The Balaban J connectivity index is 2.35. The van der Waals surface area contributed by atoms with Crippen molar-refractivity contribution in [2.24, 2.45) is 10.9 Å². The first-order valence-corrected chi connectivity index (χ1v) is 7.82. The van der Waals surface area contributed by atoms with Crippen molar-refractivity contribution in [3.63, 3.8) is 0 Å². The maximum atomic E-state index is 8.92. The van der Waals surface area contributed by atoms with E-state index in [0.29, 0.717) is 5.56 Å². The van der Waals surface area contributed by atoms with E-state index in [1.54, 1.807) is 30.6 Å². The quantitative estimate of drug-likeness (QED) is 0.367. The lowest BCUT2D eigenvalue weighted by atomic mass is 10.1. The lowest BCUT2D eigenvalue weighted by Gasteiger charge is -2.22. The summed E-state index contributed by atoms with van der Waals surface area (Å²) in [4.78, 5) is 3.24. The predicted molar refractivity (Wildman–Crippen MR) is 89.6 cm³/mol. The second-order valence-electron chi connectivity index (χ2n) is 4.46. The van der Waals surface area contributed by atoms with Crippen LogP contribution < -0.4 is 15.4 Å². The van der Waals surface area contributed by atoms with Gasteiger partial charge in [0.1, 0.15) is 5.75 Å². The van der Waals surface area contributed by atoms with Crippen LogP contribution in [0.25, 0.3) is 0 Å². The van der Waals surface area contributed by atoms with Crippen LogP contribution in [0.2, 0.25) is 0 Å². The Morgan fingerprint density at radius 2 is 2.24 bits per heavy atom. The molecule has 0 radical (unpaired) electrons. The summed E-state index contributed by atoms with van der Waals surface area (Å²) in [5.74, 6) is 0.797. The molecule has 2 aromatic rings. The van der Waals surface area contributed by atoms with Gasteiger partial charge in [-0.3, -0.25) is 0 Å². The Labute approximate surface area is 135 Å². The molecule has 21 heavy (non-hydrogen) atoms. The van der Waals surface area contributed by atoms with E-state index < -0.39 is 0 Å². The summed E-state index contributed by atoms with van der Waals surface area (Å²) in [6, 6.07) is 7.51. The number of amidine groups is 1. The van der Waals surface area contributed by atoms with Crippen molar-refractivity contribution >= 4 is 38.8 Å². The molecule has 0 spiro atoms. The molecule has 0 aliphatic rings. The maximum absolute atomic E-state index is 8.92. The molecule has 1 aromatic carbocycles. The highest BCUT2D eigenvalue weighted by Gasteiger charge is 2.13. The molecule has 0 aliphatic carbocycles. The van der Waals surface area contributed by atoms with Crippen molar-refractivity contribution in [3.8, 4) is 5.75 Å². The molecule has 2 rings (SSSR count). The molecule has 0 aliphatic heterocycles. The molecule has 0 fully saturated rings. The van der Waals surface area contributed by atoms with E-state index in [2.05, 4.69) is 27.2 Å². The van der Waals surface area contributed by atoms with E-state index >= 15 is 0 Å². The van der Waals surface area contributed by atoms with E-state index in [9.17, 15) is 0 Å². The average molecular weight is 370 g/mol. The van der Waals surface area contributed by atoms with E-state index in [4.69, 9.17) is 15.7 Å². The van der Waals surface area contributed by atoms with Crippen LogP contribution in [0, 0.1) is 0 Å². The predicted octanol–water partition coefficient (Wildman–Crippen LogP) is 3.25. The molecule has 0 amide bonds. The third-order valence-electron chi connectivity index (χ3n) is 3.01. The van der Waals surface area contributed by atoms with E-state index in [1.807, 2.05) is 23.4 Å². The Hall–Kier alpha value is -1.73. The van der Waals surface area contributed by atoms with Crippen molar-refractivity contribution in [2.75, 3.05) is 19.1 Å².